The molecule has 0 radical (unpaired) electrons. The Kier molecular flexibility index (Phi) is 6.68. The Labute approximate surface area is 230 Å². The molecule has 0 saturated carbocycles. The first kappa shape index (κ1) is 27.2. The Morgan fingerprint density at radius 1 is 1.12 bits per heavy atom. The predicted octanol–water partition coefficient (Wildman–Crippen LogP) is 2.57. The monoisotopic (exact) mass is 560 g/mol. The summed E-state index contributed by atoms with van der Waals surface area (Å²) in [5.74, 6) is 0.304. The molecule has 3 N–H and O–H groups in total. The molecule has 2 unspecified atom stereocenters. The molecule has 0 amide bonds. The van der Waals surface area contributed by atoms with Gasteiger partial charge in [0.25, 0.3) is 0 Å². The summed E-state index contributed by atoms with van der Waals surface area (Å²) in [6.45, 7) is 10.9. The van der Waals surface area contributed by atoms with Gasteiger partial charge in [-0.2, -0.15) is 13.2 Å². The molecule has 6 rings (SSSR count). The smallest absolute Gasteiger partial charge is 0.394 e. The van der Waals surface area contributed by atoms with Crippen LogP contribution in [0.5, 0.6) is 0 Å². The third-order valence-electron chi connectivity index (χ3n) is 8.63. The number of nitrogens with zero attached hydrogens (tertiary/aromatic N) is 7. The maximum atomic E-state index is 14.0. The van der Waals surface area contributed by atoms with E-state index in [9.17, 15) is 18.3 Å². The van der Waals surface area contributed by atoms with Crippen molar-refractivity contribution in [1.82, 2.24) is 29.4 Å². The molecule has 40 heavy (non-hydrogen) atoms. The van der Waals surface area contributed by atoms with Crippen molar-refractivity contribution in [1.29, 1.82) is 0 Å². The Balaban J connectivity index is 1.39. The molecular weight excluding hydrogens is 525 g/mol. The first-order chi connectivity index (χ1) is 19.0. The van der Waals surface area contributed by atoms with Crippen LogP contribution in [0, 0.1) is 6.92 Å². The number of aromatic nitrogens is 4. The van der Waals surface area contributed by atoms with E-state index in [-0.39, 0.29) is 29.4 Å². The van der Waals surface area contributed by atoms with Gasteiger partial charge in [0.15, 0.2) is 11.6 Å². The Bertz CT molecular complexity index is 1420. The zero-order chi connectivity index (χ0) is 28.4. The van der Waals surface area contributed by atoms with Crippen LogP contribution in [0.3, 0.4) is 0 Å². The van der Waals surface area contributed by atoms with Crippen LogP contribution in [0.1, 0.15) is 37.1 Å². The zero-order valence-electron chi connectivity index (χ0n) is 22.9. The predicted molar refractivity (Wildman–Crippen MR) is 144 cm³/mol. The fraction of sp³-hybridized carbons (Fsp3) is 0.593. The number of nitrogens with two attached hydrogens (primary N) is 1. The number of nitrogen functional groups attached to an aromatic ring is 1. The molecule has 2 bridgehead atoms. The van der Waals surface area contributed by atoms with Crippen LogP contribution < -0.4 is 10.6 Å². The van der Waals surface area contributed by atoms with Gasteiger partial charge in [-0.15, -0.1) is 5.10 Å². The normalized spacial score (nSPS) is 22.6. The van der Waals surface area contributed by atoms with Crippen LogP contribution in [0.4, 0.5) is 24.8 Å². The Hall–Kier alpha value is -3.00. The quantitative estimate of drug-likeness (QED) is 0.470. The summed E-state index contributed by atoms with van der Waals surface area (Å²) in [6.07, 6.45) is -2.49. The van der Waals surface area contributed by atoms with Crippen molar-refractivity contribution >= 4 is 17.2 Å². The maximum Gasteiger partial charge on any atom is 0.417 e. The van der Waals surface area contributed by atoms with Gasteiger partial charge in [0.1, 0.15) is 11.3 Å². The molecule has 2 atom stereocenters. The number of likely N-dealkylation sites (tertiary alicyclic amines) is 2. The molecule has 0 aromatic carbocycles. The van der Waals surface area contributed by atoms with E-state index >= 15 is 0 Å². The van der Waals surface area contributed by atoms with Gasteiger partial charge in [-0.25, -0.2) is 14.5 Å². The van der Waals surface area contributed by atoms with Gasteiger partial charge in [-0.3, -0.25) is 9.80 Å². The highest BCUT2D eigenvalue weighted by Crippen LogP contribution is 2.39. The lowest BCUT2D eigenvalue weighted by atomic mass is 10.0. The summed E-state index contributed by atoms with van der Waals surface area (Å²) in [4.78, 5) is 15.5. The number of rotatable bonds is 6. The number of hydrogen-bond donors (Lipinski definition) is 2. The molecule has 216 valence electrons. The standard InChI is InChI=1S/C27H35F3N8O2/c1-16-17(12-36-13-19-9-18(36)14-37(19)26(2,3)15-39)8-22-25(35-4-6-40-7-5-35)33-24(34-38(16)22)20-11-32-23(31)10-21(20)27(28,29)30/h8,10-11,18-19,39H,4-7,9,12-15H2,1-3H3,(H2,31,32). The molecule has 6 heterocycles. The van der Waals surface area contributed by atoms with Crippen molar-refractivity contribution in [2.45, 2.75) is 57.5 Å². The highest BCUT2D eigenvalue weighted by atomic mass is 19.4. The molecule has 3 aliphatic heterocycles. The third-order valence-corrected chi connectivity index (χ3v) is 8.63. The number of aryl methyl sites for hydroxylation is 1. The minimum atomic E-state index is -4.64. The number of alkyl halides is 3. The van der Waals surface area contributed by atoms with E-state index in [2.05, 4.69) is 44.8 Å². The minimum absolute atomic E-state index is 0.0545. The molecule has 3 fully saturated rings. The van der Waals surface area contributed by atoms with Gasteiger partial charge >= 0.3 is 6.18 Å². The third kappa shape index (κ3) is 4.68. The molecule has 3 aromatic heterocycles. The number of halogens is 3. The number of morpholine rings is 1. The van der Waals surface area contributed by atoms with Crippen molar-refractivity contribution in [3.8, 4) is 11.4 Å². The summed E-state index contributed by atoms with van der Waals surface area (Å²) >= 11 is 0. The molecule has 13 heteroatoms. The number of fused-ring (bicyclic) bond motifs is 3. The first-order valence-corrected chi connectivity index (χ1v) is 13.6. The maximum absolute atomic E-state index is 14.0. The van der Waals surface area contributed by atoms with E-state index in [1.165, 1.54) is 0 Å². The Morgan fingerprint density at radius 3 is 2.52 bits per heavy atom. The number of piperazine rings is 1. The minimum Gasteiger partial charge on any atom is -0.394 e. The van der Waals surface area contributed by atoms with Gasteiger partial charge in [-0.1, -0.05) is 0 Å². The van der Waals surface area contributed by atoms with Crippen LogP contribution >= 0.6 is 0 Å². The van der Waals surface area contributed by atoms with Crippen molar-refractivity contribution in [3.63, 3.8) is 0 Å². The number of anilines is 2. The lowest BCUT2D eigenvalue weighted by Gasteiger charge is -2.43. The molecule has 3 aromatic rings. The topological polar surface area (TPSA) is 108 Å². The van der Waals surface area contributed by atoms with E-state index < -0.39 is 11.7 Å². The van der Waals surface area contributed by atoms with E-state index in [1.54, 1.807) is 4.52 Å². The number of hydrogen-bond acceptors (Lipinski definition) is 9. The van der Waals surface area contributed by atoms with E-state index in [0.29, 0.717) is 50.7 Å². The number of aliphatic hydroxyl groups excluding tert-OH is 1. The van der Waals surface area contributed by atoms with Crippen molar-refractivity contribution in [2.75, 3.05) is 56.6 Å². The van der Waals surface area contributed by atoms with E-state index in [0.717, 1.165) is 48.5 Å². The van der Waals surface area contributed by atoms with Gasteiger partial charge in [-0.05, 0) is 44.9 Å². The Morgan fingerprint density at radius 2 is 1.88 bits per heavy atom. The average molecular weight is 561 g/mol. The fourth-order valence-corrected chi connectivity index (χ4v) is 6.37. The highest BCUT2D eigenvalue weighted by molar-refractivity contribution is 5.74. The van der Waals surface area contributed by atoms with E-state index in [1.807, 2.05) is 11.8 Å². The summed E-state index contributed by atoms with van der Waals surface area (Å²) < 4.78 is 49.2. The highest BCUT2D eigenvalue weighted by Gasteiger charge is 2.48. The fourth-order valence-electron chi connectivity index (χ4n) is 6.37. The van der Waals surface area contributed by atoms with Crippen molar-refractivity contribution in [2.24, 2.45) is 0 Å². The van der Waals surface area contributed by atoms with Gasteiger partial charge in [0, 0.05) is 62.2 Å². The zero-order valence-corrected chi connectivity index (χ0v) is 22.9. The van der Waals surface area contributed by atoms with Gasteiger partial charge in [0.05, 0.1) is 30.9 Å². The van der Waals surface area contributed by atoms with Crippen LogP contribution in [0.25, 0.3) is 16.9 Å². The lowest BCUT2D eigenvalue weighted by molar-refractivity contribution is -0.137. The molecule has 10 nitrogen and oxygen atoms in total. The summed E-state index contributed by atoms with van der Waals surface area (Å²) in [6, 6.07) is 3.67. The SMILES string of the molecule is Cc1c(CN2CC3CC2CN3C(C)(C)CO)cc2c(N3CCOCC3)nc(-c3cnc(N)cc3C(F)(F)F)nn12. The largest absolute Gasteiger partial charge is 0.417 e. The molecule has 0 aliphatic carbocycles. The second-order valence-electron chi connectivity index (χ2n) is 11.7. The van der Waals surface area contributed by atoms with Gasteiger partial charge in [0.2, 0.25) is 0 Å². The van der Waals surface area contributed by atoms with Gasteiger partial charge < -0.3 is 20.5 Å². The van der Waals surface area contributed by atoms with Crippen molar-refractivity contribution in [3.05, 3.63) is 35.2 Å². The van der Waals surface area contributed by atoms with Crippen LogP contribution in [0.15, 0.2) is 18.3 Å². The van der Waals surface area contributed by atoms with E-state index in [4.69, 9.17) is 10.5 Å². The summed E-state index contributed by atoms with van der Waals surface area (Å²) in [5.41, 5.74) is 6.91. The first-order valence-electron chi connectivity index (χ1n) is 13.6. The molecule has 0 spiro atoms. The number of ether oxygens (including phenoxy) is 1. The van der Waals surface area contributed by atoms with Crippen LogP contribution in [-0.2, 0) is 17.5 Å². The van der Waals surface area contributed by atoms with Crippen LogP contribution in [-0.4, -0.2) is 98.1 Å². The molecular formula is C27H35F3N8O2. The van der Waals surface area contributed by atoms with Crippen molar-refractivity contribution < 1.29 is 23.0 Å². The second-order valence-corrected chi connectivity index (χ2v) is 11.7. The summed E-state index contributed by atoms with van der Waals surface area (Å²) in [7, 11) is 0. The van der Waals surface area contributed by atoms with Crippen LogP contribution in [0.2, 0.25) is 0 Å². The average Bonchev–Trinajstić information content (AvgIpc) is 3.62. The second kappa shape index (κ2) is 9.82. The lowest BCUT2D eigenvalue weighted by Crippen LogP contribution is -2.56. The number of aliphatic hydroxyl groups is 1. The molecule has 3 saturated heterocycles. The summed E-state index contributed by atoms with van der Waals surface area (Å²) in [5, 5.41) is 14.5. The number of pyridine rings is 1. The molecule has 3 aliphatic rings.